The molecule has 0 amide bonds. The number of hydrogen-bond donors (Lipinski definition) is 1. The van der Waals surface area contributed by atoms with Gasteiger partial charge in [-0.1, -0.05) is 18.9 Å². The standard InChI is InChI=1S/C23H22FN5S/c1-30-20-8-4-7-19-21(22(28-29(19)20)15-9-11-16(24)12-10-15)18-13-14-25-23(27-18)26-17-5-2-3-6-17/h4,7-14,17H,2-3,5-6H2,1H3,(H,25,26,27). The van der Waals surface area contributed by atoms with Crippen molar-refractivity contribution in [2.24, 2.45) is 0 Å². The van der Waals surface area contributed by atoms with Crippen LogP contribution in [0, 0.1) is 5.82 Å². The smallest absolute Gasteiger partial charge is 0.223 e. The first kappa shape index (κ1) is 19.1. The minimum Gasteiger partial charge on any atom is -0.351 e. The first-order chi connectivity index (χ1) is 14.7. The van der Waals surface area contributed by atoms with Gasteiger partial charge < -0.3 is 5.32 Å². The quantitative estimate of drug-likeness (QED) is 0.422. The molecule has 1 aliphatic carbocycles. The number of pyridine rings is 1. The number of halogens is 1. The molecule has 0 aliphatic heterocycles. The van der Waals surface area contributed by atoms with Crippen molar-refractivity contribution in [1.82, 2.24) is 19.6 Å². The van der Waals surface area contributed by atoms with Crippen LogP contribution in [0.1, 0.15) is 25.7 Å². The first-order valence-corrected chi connectivity index (χ1v) is 11.4. The summed E-state index contributed by atoms with van der Waals surface area (Å²) in [5.41, 5.74) is 4.33. The lowest BCUT2D eigenvalue weighted by Crippen LogP contribution is -2.16. The summed E-state index contributed by atoms with van der Waals surface area (Å²) in [6.45, 7) is 0. The molecule has 5 rings (SSSR count). The van der Waals surface area contributed by atoms with Gasteiger partial charge in [-0.3, -0.25) is 0 Å². The summed E-state index contributed by atoms with van der Waals surface area (Å²) in [6.07, 6.45) is 8.62. The molecule has 1 saturated carbocycles. The van der Waals surface area contributed by atoms with Crippen LogP contribution in [-0.4, -0.2) is 31.9 Å². The van der Waals surface area contributed by atoms with E-state index in [4.69, 9.17) is 10.1 Å². The van der Waals surface area contributed by atoms with Gasteiger partial charge in [-0.15, -0.1) is 11.8 Å². The highest BCUT2D eigenvalue weighted by atomic mass is 32.2. The van der Waals surface area contributed by atoms with E-state index in [-0.39, 0.29) is 5.82 Å². The van der Waals surface area contributed by atoms with E-state index < -0.39 is 0 Å². The van der Waals surface area contributed by atoms with Gasteiger partial charge in [0.2, 0.25) is 5.95 Å². The lowest BCUT2D eigenvalue weighted by Gasteiger charge is -2.12. The van der Waals surface area contributed by atoms with Gasteiger partial charge in [0.25, 0.3) is 0 Å². The van der Waals surface area contributed by atoms with Crippen molar-refractivity contribution in [3.05, 3.63) is 60.5 Å². The van der Waals surface area contributed by atoms with Crippen molar-refractivity contribution in [2.75, 3.05) is 11.6 Å². The Kier molecular flexibility index (Phi) is 5.12. The van der Waals surface area contributed by atoms with Crippen molar-refractivity contribution in [3.63, 3.8) is 0 Å². The zero-order chi connectivity index (χ0) is 20.5. The second-order valence-corrected chi connectivity index (χ2v) is 8.31. The Bertz CT molecular complexity index is 1180. The predicted molar refractivity (Wildman–Crippen MR) is 119 cm³/mol. The SMILES string of the molecule is CSc1cccc2c(-c3ccnc(NC4CCCC4)n3)c(-c3ccc(F)cc3)nn12. The maximum Gasteiger partial charge on any atom is 0.223 e. The van der Waals surface area contributed by atoms with Crippen LogP contribution in [0.25, 0.3) is 28.0 Å². The topological polar surface area (TPSA) is 55.1 Å². The van der Waals surface area contributed by atoms with Gasteiger partial charge in [0.1, 0.15) is 11.5 Å². The van der Waals surface area contributed by atoms with E-state index in [9.17, 15) is 4.39 Å². The fourth-order valence-electron chi connectivity index (χ4n) is 4.08. The van der Waals surface area contributed by atoms with Crippen LogP contribution in [0.5, 0.6) is 0 Å². The Morgan fingerprint density at radius 1 is 1.07 bits per heavy atom. The van der Waals surface area contributed by atoms with Gasteiger partial charge in [0.15, 0.2) is 0 Å². The van der Waals surface area contributed by atoms with Crippen LogP contribution in [0.3, 0.4) is 0 Å². The maximum atomic E-state index is 13.5. The number of thioether (sulfide) groups is 1. The van der Waals surface area contributed by atoms with Gasteiger partial charge in [0, 0.05) is 17.8 Å². The number of rotatable bonds is 5. The fraction of sp³-hybridized carbons (Fsp3) is 0.261. The second-order valence-electron chi connectivity index (χ2n) is 7.49. The van der Waals surface area contributed by atoms with E-state index in [0.29, 0.717) is 12.0 Å². The molecule has 5 nitrogen and oxygen atoms in total. The van der Waals surface area contributed by atoms with E-state index in [1.54, 1.807) is 30.1 Å². The normalized spacial score (nSPS) is 14.5. The molecule has 0 spiro atoms. The Balaban J connectivity index is 1.67. The second kappa shape index (κ2) is 8.07. The van der Waals surface area contributed by atoms with Gasteiger partial charge in [-0.05, 0) is 61.6 Å². The molecule has 7 heteroatoms. The number of nitrogens with zero attached hydrogens (tertiary/aromatic N) is 4. The average molecular weight is 420 g/mol. The number of benzene rings is 1. The number of hydrogen-bond acceptors (Lipinski definition) is 5. The van der Waals surface area contributed by atoms with Crippen molar-refractivity contribution >= 4 is 23.2 Å². The van der Waals surface area contributed by atoms with Gasteiger partial charge >= 0.3 is 0 Å². The molecule has 0 radical (unpaired) electrons. The molecule has 1 fully saturated rings. The minimum atomic E-state index is -0.265. The fourth-order valence-corrected chi connectivity index (χ4v) is 4.61. The summed E-state index contributed by atoms with van der Waals surface area (Å²) in [5, 5.41) is 9.39. The summed E-state index contributed by atoms with van der Waals surface area (Å²) < 4.78 is 15.5. The molecule has 0 unspecified atom stereocenters. The number of anilines is 1. The summed E-state index contributed by atoms with van der Waals surface area (Å²) in [5.74, 6) is 0.379. The van der Waals surface area contributed by atoms with E-state index >= 15 is 0 Å². The van der Waals surface area contributed by atoms with Crippen molar-refractivity contribution in [2.45, 2.75) is 36.8 Å². The largest absolute Gasteiger partial charge is 0.351 e. The Labute approximate surface area is 178 Å². The summed E-state index contributed by atoms with van der Waals surface area (Å²) in [7, 11) is 0. The minimum absolute atomic E-state index is 0.265. The monoisotopic (exact) mass is 419 g/mol. The van der Waals surface area contributed by atoms with Crippen molar-refractivity contribution in [3.8, 4) is 22.5 Å². The van der Waals surface area contributed by atoms with Crippen molar-refractivity contribution < 1.29 is 4.39 Å². The summed E-state index contributed by atoms with van der Waals surface area (Å²) in [4.78, 5) is 9.27. The van der Waals surface area contributed by atoms with E-state index in [1.165, 1.54) is 25.0 Å². The molecule has 0 bridgehead atoms. The molecule has 3 aromatic heterocycles. The Morgan fingerprint density at radius 3 is 2.63 bits per heavy atom. The third-order valence-electron chi connectivity index (χ3n) is 5.55. The lowest BCUT2D eigenvalue weighted by molar-refractivity contribution is 0.628. The highest BCUT2D eigenvalue weighted by Gasteiger charge is 2.21. The zero-order valence-electron chi connectivity index (χ0n) is 16.7. The van der Waals surface area contributed by atoms with Gasteiger partial charge in [0.05, 0.1) is 21.8 Å². The van der Waals surface area contributed by atoms with E-state index in [0.717, 1.165) is 45.9 Å². The van der Waals surface area contributed by atoms with Crippen LogP contribution >= 0.6 is 11.8 Å². The highest BCUT2D eigenvalue weighted by molar-refractivity contribution is 7.98. The molecule has 30 heavy (non-hydrogen) atoms. The van der Waals surface area contributed by atoms with Crippen LogP contribution in [-0.2, 0) is 0 Å². The molecular formula is C23H22FN5S. The van der Waals surface area contributed by atoms with Crippen LogP contribution in [0.4, 0.5) is 10.3 Å². The van der Waals surface area contributed by atoms with E-state index in [1.807, 2.05) is 35.0 Å². The van der Waals surface area contributed by atoms with Crippen LogP contribution in [0.15, 0.2) is 59.8 Å². The van der Waals surface area contributed by atoms with Crippen LogP contribution < -0.4 is 5.32 Å². The highest BCUT2D eigenvalue weighted by Crippen LogP contribution is 2.36. The molecule has 3 heterocycles. The van der Waals surface area contributed by atoms with Gasteiger partial charge in [-0.2, -0.15) is 5.10 Å². The molecule has 1 N–H and O–H groups in total. The van der Waals surface area contributed by atoms with Crippen molar-refractivity contribution in [1.29, 1.82) is 0 Å². The zero-order valence-corrected chi connectivity index (χ0v) is 17.5. The molecule has 152 valence electrons. The molecule has 4 aromatic rings. The Morgan fingerprint density at radius 2 is 1.87 bits per heavy atom. The average Bonchev–Trinajstić information content (AvgIpc) is 3.42. The Hall–Kier alpha value is -2.93. The molecular weight excluding hydrogens is 397 g/mol. The summed E-state index contributed by atoms with van der Waals surface area (Å²) >= 11 is 1.63. The first-order valence-electron chi connectivity index (χ1n) is 10.1. The number of nitrogens with one attached hydrogen (secondary N) is 1. The third kappa shape index (κ3) is 3.54. The summed E-state index contributed by atoms with van der Waals surface area (Å²) in [6, 6.07) is 14.9. The lowest BCUT2D eigenvalue weighted by atomic mass is 10.0. The molecule has 0 atom stereocenters. The number of aromatic nitrogens is 4. The van der Waals surface area contributed by atoms with E-state index in [2.05, 4.69) is 10.3 Å². The van der Waals surface area contributed by atoms with Gasteiger partial charge in [-0.25, -0.2) is 18.9 Å². The molecule has 1 aromatic carbocycles. The van der Waals surface area contributed by atoms with Crippen LogP contribution in [0.2, 0.25) is 0 Å². The third-order valence-corrected chi connectivity index (χ3v) is 6.28. The maximum absolute atomic E-state index is 13.5. The predicted octanol–water partition coefficient (Wildman–Crippen LogP) is 5.67. The molecule has 0 saturated heterocycles. The number of fused-ring (bicyclic) bond motifs is 1. The molecule has 1 aliphatic rings.